The van der Waals surface area contributed by atoms with E-state index in [0.717, 1.165) is 41.1 Å². The topological polar surface area (TPSA) is 114 Å². The maximum atomic E-state index is 14.4. The lowest BCUT2D eigenvalue weighted by Crippen LogP contribution is -2.52. The number of halogens is 1. The van der Waals surface area contributed by atoms with Gasteiger partial charge in [-0.3, -0.25) is 13.9 Å². The third-order valence-electron chi connectivity index (χ3n) is 8.10. The molecule has 0 aromatic heterocycles. The highest BCUT2D eigenvalue weighted by Crippen LogP contribution is 2.37. The summed E-state index contributed by atoms with van der Waals surface area (Å²) in [7, 11) is -0.181. The number of hydrogen-bond acceptors (Lipinski definition) is 7. The highest BCUT2D eigenvalue weighted by atomic mass is 35.5. The van der Waals surface area contributed by atoms with Crippen LogP contribution in [0.3, 0.4) is 0 Å². The van der Waals surface area contributed by atoms with E-state index in [1.807, 2.05) is 31.2 Å². The summed E-state index contributed by atoms with van der Waals surface area (Å²) in [5.41, 5.74) is 1.83. The van der Waals surface area contributed by atoms with Crippen molar-refractivity contribution in [2.45, 2.75) is 63.1 Å². The van der Waals surface area contributed by atoms with Crippen molar-refractivity contribution in [3.63, 3.8) is 0 Å². The molecule has 0 spiro atoms. The Morgan fingerprint density at radius 1 is 0.933 bits per heavy atom. The van der Waals surface area contributed by atoms with Gasteiger partial charge in [0.25, 0.3) is 10.0 Å². The molecule has 3 aromatic carbocycles. The van der Waals surface area contributed by atoms with Gasteiger partial charge in [-0.1, -0.05) is 48.7 Å². The molecule has 10 nitrogen and oxygen atoms in total. The van der Waals surface area contributed by atoms with Gasteiger partial charge >= 0.3 is 0 Å². The third kappa shape index (κ3) is 7.83. The van der Waals surface area contributed by atoms with E-state index in [0.29, 0.717) is 5.75 Å². The average Bonchev–Trinajstić information content (AvgIpc) is 3.55. The number of anilines is 1. The van der Waals surface area contributed by atoms with E-state index in [9.17, 15) is 18.0 Å². The summed E-state index contributed by atoms with van der Waals surface area (Å²) in [6.07, 6.45) is 3.84. The van der Waals surface area contributed by atoms with E-state index >= 15 is 0 Å². The fraction of sp³-hybridized carbons (Fsp3) is 0.394. The number of benzene rings is 3. The maximum absolute atomic E-state index is 14.4. The quantitative estimate of drug-likeness (QED) is 0.264. The number of amides is 2. The number of carbonyl (C=O) groups excluding carboxylic acids is 2. The molecule has 0 bridgehead atoms. The molecule has 0 aliphatic heterocycles. The molecule has 0 unspecified atom stereocenters. The van der Waals surface area contributed by atoms with Crippen molar-refractivity contribution in [3.8, 4) is 17.2 Å². The summed E-state index contributed by atoms with van der Waals surface area (Å²) in [6.45, 7) is 3.04. The Kier molecular flexibility index (Phi) is 11.2. The number of nitrogens with one attached hydrogen (secondary N) is 1. The Morgan fingerprint density at radius 2 is 1.58 bits per heavy atom. The second-order valence-corrected chi connectivity index (χ2v) is 13.3. The van der Waals surface area contributed by atoms with Gasteiger partial charge in [0, 0.05) is 23.7 Å². The molecule has 1 N–H and O–H groups in total. The zero-order chi connectivity index (χ0) is 32.7. The number of carbonyl (C=O) groups is 2. The summed E-state index contributed by atoms with van der Waals surface area (Å²) in [4.78, 5) is 29.1. The van der Waals surface area contributed by atoms with Crippen molar-refractivity contribution in [2.24, 2.45) is 0 Å². The van der Waals surface area contributed by atoms with Gasteiger partial charge in [-0.25, -0.2) is 8.42 Å². The molecule has 1 fully saturated rings. The summed E-state index contributed by atoms with van der Waals surface area (Å²) >= 11 is 6.34. The Bertz CT molecular complexity index is 1630. The Hall–Kier alpha value is -3.96. The molecule has 1 saturated carbocycles. The van der Waals surface area contributed by atoms with Crippen LogP contribution in [-0.4, -0.2) is 65.1 Å². The smallest absolute Gasteiger partial charge is 0.265 e. The van der Waals surface area contributed by atoms with Crippen LogP contribution >= 0.6 is 11.6 Å². The molecule has 2 amide bonds. The lowest BCUT2D eigenvalue weighted by atomic mass is 10.1. The molecule has 1 aliphatic rings. The number of rotatable bonds is 13. The number of sulfonamides is 1. The normalized spacial score (nSPS) is 14.0. The van der Waals surface area contributed by atoms with E-state index < -0.39 is 28.5 Å². The number of hydrogen-bond donors (Lipinski definition) is 1. The van der Waals surface area contributed by atoms with Crippen LogP contribution in [0.2, 0.25) is 5.02 Å². The van der Waals surface area contributed by atoms with Crippen LogP contribution in [0.25, 0.3) is 0 Å². The number of nitrogens with zero attached hydrogens (tertiary/aromatic N) is 2. The molecule has 4 rings (SSSR count). The van der Waals surface area contributed by atoms with Crippen LogP contribution in [0.15, 0.2) is 65.6 Å². The Balaban J connectivity index is 1.78. The number of aryl methyl sites for hydroxylation is 1. The monoisotopic (exact) mass is 657 g/mol. The maximum Gasteiger partial charge on any atom is 0.265 e. The zero-order valence-corrected chi connectivity index (χ0v) is 27.8. The van der Waals surface area contributed by atoms with Gasteiger partial charge in [0.05, 0.1) is 31.9 Å². The molecule has 0 heterocycles. The van der Waals surface area contributed by atoms with Crippen LogP contribution in [0, 0.1) is 6.92 Å². The second-order valence-electron chi connectivity index (χ2n) is 11.0. The minimum atomic E-state index is -4.42. The van der Waals surface area contributed by atoms with Crippen LogP contribution in [-0.2, 0) is 26.2 Å². The zero-order valence-electron chi connectivity index (χ0n) is 26.2. The van der Waals surface area contributed by atoms with Crippen LogP contribution < -0.4 is 23.8 Å². The fourth-order valence-electron chi connectivity index (χ4n) is 5.42. The Labute approximate surface area is 270 Å². The first-order valence-electron chi connectivity index (χ1n) is 14.7. The van der Waals surface area contributed by atoms with Crippen molar-refractivity contribution in [1.29, 1.82) is 0 Å². The number of ether oxygens (including phenoxy) is 3. The third-order valence-corrected chi connectivity index (χ3v) is 10.1. The summed E-state index contributed by atoms with van der Waals surface area (Å²) in [6, 6.07) is 15.4. The summed E-state index contributed by atoms with van der Waals surface area (Å²) < 4.78 is 45.8. The van der Waals surface area contributed by atoms with Gasteiger partial charge in [-0.15, -0.1) is 0 Å². The van der Waals surface area contributed by atoms with E-state index in [1.165, 1.54) is 56.6 Å². The van der Waals surface area contributed by atoms with Gasteiger partial charge in [-0.05, 0) is 68.1 Å². The van der Waals surface area contributed by atoms with Crippen molar-refractivity contribution < 1.29 is 32.2 Å². The van der Waals surface area contributed by atoms with Crippen LogP contribution in [0.4, 0.5) is 5.69 Å². The summed E-state index contributed by atoms with van der Waals surface area (Å²) in [5, 5.41) is 3.32. The molecular formula is C33H40ClN3O7S. The minimum absolute atomic E-state index is 0.0491. The van der Waals surface area contributed by atoms with Crippen molar-refractivity contribution in [2.75, 3.05) is 32.2 Å². The minimum Gasteiger partial charge on any atom is -0.495 e. The molecule has 45 heavy (non-hydrogen) atoms. The predicted molar refractivity (Wildman–Crippen MR) is 174 cm³/mol. The Morgan fingerprint density at radius 3 is 2.22 bits per heavy atom. The van der Waals surface area contributed by atoms with Crippen molar-refractivity contribution in [3.05, 3.63) is 76.8 Å². The summed E-state index contributed by atoms with van der Waals surface area (Å²) in [5.74, 6) is -0.155. The molecule has 0 radical (unpaired) electrons. The average molecular weight is 658 g/mol. The standard InChI is InChI=1S/C33H40ClN3O7S/c1-22-10-6-7-11-24(22)20-36(23(2)33(39)35-26-12-8-9-13-26)32(38)21-37(28-18-25(34)14-16-29(28)42-3)45(40,41)27-15-17-30(43-4)31(19-27)44-5/h6-7,10-11,14-19,23,26H,8-9,12-13,20-21H2,1-5H3,(H,35,39)/t23-/m0/s1. The first kappa shape index (κ1) is 33.9. The highest BCUT2D eigenvalue weighted by molar-refractivity contribution is 7.92. The first-order valence-corrected chi connectivity index (χ1v) is 16.5. The van der Waals surface area contributed by atoms with E-state index in [1.54, 1.807) is 13.0 Å². The molecular weight excluding hydrogens is 618 g/mol. The van der Waals surface area contributed by atoms with Gasteiger partial charge < -0.3 is 24.4 Å². The molecule has 1 atom stereocenters. The molecule has 242 valence electrons. The first-order chi connectivity index (χ1) is 21.5. The van der Waals surface area contributed by atoms with E-state index in [-0.39, 0.29) is 45.6 Å². The predicted octanol–water partition coefficient (Wildman–Crippen LogP) is 5.35. The lowest BCUT2D eigenvalue weighted by molar-refractivity contribution is -0.139. The van der Waals surface area contributed by atoms with Gasteiger partial charge in [0.1, 0.15) is 18.3 Å². The largest absolute Gasteiger partial charge is 0.495 e. The van der Waals surface area contributed by atoms with Gasteiger partial charge in [0.2, 0.25) is 11.8 Å². The van der Waals surface area contributed by atoms with Crippen LogP contribution in [0.1, 0.15) is 43.7 Å². The molecule has 0 saturated heterocycles. The van der Waals surface area contributed by atoms with E-state index in [4.69, 9.17) is 25.8 Å². The van der Waals surface area contributed by atoms with Gasteiger partial charge in [0.15, 0.2) is 11.5 Å². The second kappa shape index (κ2) is 14.9. The van der Waals surface area contributed by atoms with Gasteiger partial charge in [-0.2, -0.15) is 0 Å². The van der Waals surface area contributed by atoms with E-state index in [2.05, 4.69) is 5.32 Å². The van der Waals surface area contributed by atoms with Crippen molar-refractivity contribution >= 4 is 39.1 Å². The lowest BCUT2D eigenvalue weighted by Gasteiger charge is -2.33. The highest BCUT2D eigenvalue weighted by Gasteiger charge is 2.35. The molecule has 1 aliphatic carbocycles. The molecule has 3 aromatic rings. The SMILES string of the molecule is COc1ccc(S(=O)(=O)N(CC(=O)N(Cc2ccccc2C)[C@@H](C)C(=O)NC2CCCC2)c2cc(Cl)ccc2OC)cc1OC. The fourth-order valence-corrected chi connectivity index (χ4v) is 7.02. The van der Waals surface area contributed by atoms with Crippen LogP contribution in [0.5, 0.6) is 17.2 Å². The van der Waals surface area contributed by atoms with Crippen molar-refractivity contribution in [1.82, 2.24) is 10.2 Å². The number of methoxy groups -OCH3 is 3. The molecule has 12 heteroatoms.